The SMILES string of the molecule is Cc1nn(C)c(C)c1/C=C1/SCCN1C(=O)c1ccc(Br)cc1. The predicted octanol–water partition coefficient (Wildman–Crippen LogP) is 3.99. The van der Waals surface area contributed by atoms with E-state index in [9.17, 15) is 4.79 Å². The van der Waals surface area contributed by atoms with Crippen molar-refractivity contribution in [1.29, 1.82) is 0 Å². The zero-order valence-electron chi connectivity index (χ0n) is 13.3. The van der Waals surface area contributed by atoms with Gasteiger partial charge in [-0.2, -0.15) is 5.10 Å². The van der Waals surface area contributed by atoms with E-state index >= 15 is 0 Å². The van der Waals surface area contributed by atoms with Gasteiger partial charge >= 0.3 is 0 Å². The van der Waals surface area contributed by atoms with Gasteiger partial charge in [-0.3, -0.25) is 9.48 Å². The van der Waals surface area contributed by atoms with Crippen LogP contribution in [0.5, 0.6) is 0 Å². The van der Waals surface area contributed by atoms with E-state index in [-0.39, 0.29) is 5.91 Å². The van der Waals surface area contributed by atoms with Gasteiger partial charge in [-0.05, 0) is 44.2 Å². The molecular formula is C17H18BrN3OS. The third-order valence-electron chi connectivity index (χ3n) is 4.00. The highest BCUT2D eigenvalue weighted by atomic mass is 79.9. The number of hydrogen-bond donors (Lipinski definition) is 0. The van der Waals surface area contributed by atoms with Crippen molar-refractivity contribution in [2.75, 3.05) is 12.3 Å². The number of aromatic nitrogens is 2. The first-order chi connectivity index (χ1) is 11.0. The van der Waals surface area contributed by atoms with Gasteiger partial charge in [0.1, 0.15) is 0 Å². The van der Waals surface area contributed by atoms with Gasteiger partial charge in [0.05, 0.1) is 10.7 Å². The van der Waals surface area contributed by atoms with Crippen LogP contribution in [0.2, 0.25) is 0 Å². The summed E-state index contributed by atoms with van der Waals surface area (Å²) in [6, 6.07) is 7.51. The van der Waals surface area contributed by atoms with Crippen LogP contribution < -0.4 is 0 Å². The molecule has 0 bridgehead atoms. The van der Waals surface area contributed by atoms with Crippen molar-refractivity contribution < 1.29 is 4.79 Å². The molecule has 1 aromatic heterocycles. The second-order valence-corrected chi connectivity index (χ2v) is 7.53. The molecule has 1 aromatic carbocycles. The fraction of sp³-hybridized carbons (Fsp3) is 0.294. The summed E-state index contributed by atoms with van der Waals surface area (Å²) >= 11 is 5.12. The molecule has 1 amide bonds. The van der Waals surface area contributed by atoms with E-state index in [1.807, 2.05) is 54.7 Å². The highest BCUT2D eigenvalue weighted by Crippen LogP contribution is 2.32. The monoisotopic (exact) mass is 391 g/mol. The number of hydrogen-bond acceptors (Lipinski definition) is 3. The van der Waals surface area contributed by atoms with Crippen LogP contribution in [-0.2, 0) is 7.05 Å². The molecule has 1 fully saturated rings. The minimum atomic E-state index is 0.0490. The molecule has 0 saturated carbocycles. The summed E-state index contributed by atoms with van der Waals surface area (Å²) in [6.45, 7) is 4.79. The van der Waals surface area contributed by atoms with Gasteiger partial charge in [-0.1, -0.05) is 15.9 Å². The number of carbonyl (C=O) groups is 1. The Labute approximate surface area is 148 Å². The smallest absolute Gasteiger partial charge is 0.258 e. The Morgan fingerprint density at radius 2 is 2.00 bits per heavy atom. The standard InChI is InChI=1S/C17H18BrN3OS/c1-11-15(12(2)20(3)19-11)10-16-21(8-9-23-16)17(22)13-4-6-14(18)7-5-13/h4-7,10H,8-9H2,1-3H3/b16-10+. The normalized spacial score (nSPS) is 16.3. The molecular weight excluding hydrogens is 374 g/mol. The van der Waals surface area contributed by atoms with Crippen LogP contribution in [0.3, 0.4) is 0 Å². The highest BCUT2D eigenvalue weighted by Gasteiger charge is 2.25. The van der Waals surface area contributed by atoms with Gasteiger partial charge in [0.2, 0.25) is 0 Å². The minimum absolute atomic E-state index is 0.0490. The van der Waals surface area contributed by atoms with Crippen LogP contribution in [0, 0.1) is 13.8 Å². The summed E-state index contributed by atoms with van der Waals surface area (Å²) in [4.78, 5) is 14.6. The number of nitrogens with zero attached hydrogens (tertiary/aromatic N) is 3. The first-order valence-electron chi connectivity index (χ1n) is 7.39. The third kappa shape index (κ3) is 3.23. The van der Waals surface area contributed by atoms with Crippen molar-refractivity contribution in [2.45, 2.75) is 13.8 Å². The molecule has 0 aliphatic carbocycles. The van der Waals surface area contributed by atoms with Crippen molar-refractivity contribution >= 4 is 39.7 Å². The average Bonchev–Trinajstić information content (AvgIpc) is 3.08. The number of rotatable bonds is 2. The van der Waals surface area contributed by atoms with E-state index < -0.39 is 0 Å². The molecule has 0 N–H and O–H groups in total. The number of benzene rings is 1. The van der Waals surface area contributed by atoms with E-state index in [0.29, 0.717) is 5.56 Å². The molecule has 0 atom stereocenters. The lowest BCUT2D eigenvalue weighted by molar-refractivity contribution is 0.0831. The molecule has 0 spiro atoms. The van der Waals surface area contributed by atoms with Crippen molar-refractivity contribution in [1.82, 2.24) is 14.7 Å². The zero-order valence-corrected chi connectivity index (χ0v) is 15.7. The van der Waals surface area contributed by atoms with Gasteiger partial charge in [-0.15, -0.1) is 11.8 Å². The summed E-state index contributed by atoms with van der Waals surface area (Å²) in [5.41, 5.74) is 3.91. The Balaban J connectivity index is 1.92. The fourth-order valence-corrected chi connectivity index (χ4v) is 3.90. The molecule has 2 heterocycles. The van der Waals surface area contributed by atoms with Crippen LogP contribution in [0.15, 0.2) is 33.8 Å². The molecule has 4 nitrogen and oxygen atoms in total. The van der Waals surface area contributed by atoms with Crippen LogP contribution in [0.1, 0.15) is 27.3 Å². The molecule has 23 heavy (non-hydrogen) atoms. The van der Waals surface area contributed by atoms with Gasteiger partial charge in [0.15, 0.2) is 0 Å². The van der Waals surface area contributed by atoms with Crippen molar-refractivity contribution in [3.8, 4) is 0 Å². The van der Waals surface area contributed by atoms with Gasteiger partial charge in [-0.25, -0.2) is 0 Å². The zero-order chi connectivity index (χ0) is 16.6. The first-order valence-corrected chi connectivity index (χ1v) is 9.17. The lowest BCUT2D eigenvalue weighted by atomic mass is 10.2. The summed E-state index contributed by atoms with van der Waals surface area (Å²) in [7, 11) is 1.94. The lowest BCUT2D eigenvalue weighted by Crippen LogP contribution is -2.26. The maximum Gasteiger partial charge on any atom is 0.258 e. The van der Waals surface area contributed by atoms with E-state index in [1.54, 1.807) is 11.8 Å². The number of halogens is 1. The summed E-state index contributed by atoms with van der Waals surface area (Å²) in [6.07, 6.45) is 2.09. The Bertz CT molecular complexity index is 780. The van der Waals surface area contributed by atoms with E-state index in [4.69, 9.17) is 0 Å². The summed E-state index contributed by atoms with van der Waals surface area (Å²) in [5.74, 6) is 0.972. The van der Waals surface area contributed by atoms with Crippen LogP contribution in [-0.4, -0.2) is 32.9 Å². The maximum absolute atomic E-state index is 12.8. The molecule has 1 aliphatic heterocycles. The predicted molar refractivity (Wildman–Crippen MR) is 98.3 cm³/mol. The number of thioether (sulfide) groups is 1. The lowest BCUT2D eigenvalue weighted by Gasteiger charge is -2.17. The van der Waals surface area contributed by atoms with Crippen LogP contribution >= 0.6 is 27.7 Å². The summed E-state index contributed by atoms with van der Waals surface area (Å²) < 4.78 is 2.85. The first kappa shape index (κ1) is 16.3. The Morgan fingerprint density at radius 3 is 2.61 bits per heavy atom. The van der Waals surface area contributed by atoms with Crippen LogP contribution in [0.4, 0.5) is 0 Å². The average molecular weight is 392 g/mol. The van der Waals surface area contributed by atoms with Gasteiger partial charge < -0.3 is 4.90 Å². The third-order valence-corrected chi connectivity index (χ3v) is 5.55. The molecule has 1 aliphatic rings. The Kier molecular flexibility index (Phi) is 4.64. The van der Waals surface area contributed by atoms with Crippen molar-refractivity contribution in [3.63, 3.8) is 0 Å². The quantitative estimate of drug-likeness (QED) is 0.776. The number of amides is 1. The van der Waals surface area contributed by atoms with Crippen molar-refractivity contribution in [3.05, 3.63) is 56.3 Å². The van der Waals surface area contributed by atoms with Gasteiger partial charge in [0.25, 0.3) is 5.91 Å². The second kappa shape index (κ2) is 6.53. The number of carbonyl (C=O) groups excluding carboxylic acids is 1. The maximum atomic E-state index is 12.8. The van der Waals surface area contributed by atoms with E-state index in [0.717, 1.165) is 38.8 Å². The van der Waals surface area contributed by atoms with E-state index in [2.05, 4.69) is 27.1 Å². The Hall–Kier alpha value is -1.53. The van der Waals surface area contributed by atoms with Crippen molar-refractivity contribution in [2.24, 2.45) is 7.05 Å². The molecule has 0 unspecified atom stereocenters. The minimum Gasteiger partial charge on any atom is -0.302 e. The van der Waals surface area contributed by atoms with E-state index in [1.165, 1.54) is 0 Å². The highest BCUT2D eigenvalue weighted by molar-refractivity contribution is 9.10. The molecule has 120 valence electrons. The molecule has 2 aromatic rings. The fourth-order valence-electron chi connectivity index (χ4n) is 2.62. The molecule has 1 saturated heterocycles. The Morgan fingerprint density at radius 1 is 1.30 bits per heavy atom. The topological polar surface area (TPSA) is 38.1 Å². The number of aryl methyl sites for hydroxylation is 2. The molecule has 6 heteroatoms. The molecule has 3 rings (SSSR count). The summed E-state index contributed by atoms with van der Waals surface area (Å²) in [5, 5.41) is 5.44. The second-order valence-electron chi connectivity index (χ2n) is 5.50. The largest absolute Gasteiger partial charge is 0.302 e. The molecule has 0 radical (unpaired) electrons. The van der Waals surface area contributed by atoms with Crippen LogP contribution in [0.25, 0.3) is 6.08 Å². The van der Waals surface area contributed by atoms with Gasteiger partial charge in [0, 0.05) is 40.6 Å².